The van der Waals surface area contributed by atoms with Crippen molar-refractivity contribution in [2.75, 3.05) is 5.43 Å². The normalized spacial score (nSPS) is 11.2. The van der Waals surface area contributed by atoms with Crippen LogP contribution in [-0.4, -0.2) is 20.7 Å². The smallest absolute Gasteiger partial charge is 0.270 e. The lowest BCUT2D eigenvalue weighted by molar-refractivity contribution is -0.384. The number of para-hydroxylation sites is 2. The van der Waals surface area contributed by atoms with Crippen molar-refractivity contribution in [2.24, 2.45) is 12.1 Å². The van der Waals surface area contributed by atoms with E-state index in [1.165, 1.54) is 12.1 Å². The van der Waals surface area contributed by atoms with Crippen LogP contribution < -0.4 is 5.43 Å². The van der Waals surface area contributed by atoms with Gasteiger partial charge in [-0.15, -0.1) is 0 Å². The molecule has 7 nitrogen and oxygen atoms in total. The maximum absolute atomic E-state index is 10.7. The second-order valence-corrected chi connectivity index (χ2v) is 5.67. The van der Waals surface area contributed by atoms with Gasteiger partial charge in [0, 0.05) is 29.2 Å². The molecule has 1 heterocycles. The summed E-state index contributed by atoms with van der Waals surface area (Å²) in [6.07, 6.45) is 1.58. The number of nitro benzene ring substituents is 1. The van der Waals surface area contributed by atoms with Crippen molar-refractivity contribution in [1.82, 2.24) is 9.55 Å². The summed E-state index contributed by atoms with van der Waals surface area (Å²) < 4.78 is 2.50. The lowest BCUT2D eigenvalue weighted by Gasteiger charge is -2.01. The van der Waals surface area contributed by atoms with E-state index in [1.54, 1.807) is 12.3 Å². The number of aromatic nitrogens is 2. The highest BCUT2D eigenvalue weighted by Gasteiger charge is 2.08. The van der Waals surface area contributed by atoms with Crippen LogP contribution in [-0.2, 0) is 7.05 Å². The molecule has 0 saturated carbocycles. The third kappa shape index (κ3) is 3.07. The molecule has 0 atom stereocenters. The number of hydrogen-bond acceptors (Lipinski definition) is 5. The van der Waals surface area contributed by atoms with Gasteiger partial charge in [0.05, 0.1) is 22.2 Å². The zero-order valence-corrected chi connectivity index (χ0v) is 13.7. The predicted octanol–water partition coefficient (Wildman–Crippen LogP) is 3.69. The average Bonchev–Trinajstić information content (AvgIpc) is 2.85. The standard InChI is InChI=1S/C15H12BrN5O2/c1-20-14-5-3-2-4-13(14)18-15(20)19-17-9-10-6-7-11(21(22)23)8-12(10)16/h2-9H,1H3,(H,18,19)/b17-9-. The Bertz CT molecular complexity index is 919. The van der Waals surface area contributed by atoms with Gasteiger partial charge in [-0.05, 0) is 34.1 Å². The minimum Gasteiger partial charge on any atom is -0.312 e. The highest BCUT2D eigenvalue weighted by molar-refractivity contribution is 9.10. The number of hydrogen-bond donors (Lipinski definition) is 1. The van der Waals surface area contributed by atoms with Crippen molar-refractivity contribution in [1.29, 1.82) is 0 Å². The van der Waals surface area contributed by atoms with Gasteiger partial charge in [-0.3, -0.25) is 10.1 Å². The molecule has 2 aromatic carbocycles. The molecule has 116 valence electrons. The van der Waals surface area contributed by atoms with Gasteiger partial charge < -0.3 is 4.57 Å². The summed E-state index contributed by atoms with van der Waals surface area (Å²) >= 11 is 3.30. The van der Waals surface area contributed by atoms with Crippen molar-refractivity contribution in [3.05, 3.63) is 62.6 Å². The molecule has 0 bridgehead atoms. The maximum atomic E-state index is 10.7. The number of nitrogens with zero attached hydrogens (tertiary/aromatic N) is 4. The molecular formula is C15H12BrN5O2. The van der Waals surface area contributed by atoms with Crippen LogP contribution in [0.1, 0.15) is 5.56 Å². The van der Waals surface area contributed by atoms with Crippen LogP contribution in [0.3, 0.4) is 0 Å². The summed E-state index contributed by atoms with van der Waals surface area (Å²) in [7, 11) is 1.90. The molecular weight excluding hydrogens is 362 g/mol. The number of non-ortho nitro benzene ring substituents is 1. The third-order valence-corrected chi connectivity index (χ3v) is 4.04. The molecule has 0 unspecified atom stereocenters. The lowest BCUT2D eigenvalue weighted by atomic mass is 10.2. The molecule has 0 radical (unpaired) electrons. The van der Waals surface area contributed by atoms with Gasteiger partial charge in [0.1, 0.15) is 0 Å². The Balaban J connectivity index is 1.80. The number of rotatable bonds is 4. The fourth-order valence-electron chi connectivity index (χ4n) is 2.14. The SMILES string of the molecule is Cn1c(N/N=C\c2ccc([N+](=O)[O-])cc2Br)nc2ccccc21. The Labute approximate surface area is 139 Å². The third-order valence-electron chi connectivity index (χ3n) is 3.35. The summed E-state index contributed by atoms with van der Waals surface area (Å²) in [6.45, 7) is 0. The molecule has 0 aliphatic rings. The van der Waals surface area contributed by atoms with E-state index >= 15 is 0 Å². The van der Waals surface area contributed by atoms with Gasteiger partial charge in [0.25, 0.3) is 5.69 Å². The number of nitro groups is 1. The van der Waals surface area contributed by atoms with E-state index in [2.05, 4.69) is 31.4 Å². The number of aryl methyl sites for hydroxylation is 1. The van der Waals surface area contributed by atoms with Crippen LogP contribution in [0.4, 0.5) is 11.6 Å². The number of benzene rings is 2. The Morgan fingerprint density at radius 2 is 2.13 bits per heavy atom. The van der Waals surface area contributed by atoms with E-state index in [4.69, 9.17) is 0 Å². The van der Waals surface area contributed by atoms with Crippen LogP contribution in [0.5, 0.6) is 0 Å². The number of halogens is 1. The molecule has 0 saturated heterocycles. The Hall–Kier alpha value is -2.74. The molecule has 8 heteroatoms. The van der Waals surface area contributed by atoms with E-state index in [9.17, 15) is 10.1 Å². The second kappa shape index (κ2) is 6.17. The van der Waals surface area contributed by atoms with Crippen LogP contribution in [0, 0.1) is 10.1 Å². The molecule has 0 aliphatic heterocycles. The zero-order chi connectivity index (χ0) is 16.4. The quantitative estimate of drug-likeness (QED) is 0.429. The Kier molecular flexibility index (Phi) is 4.07. The highest BCUT2D eigenvalue weighted by Crippen LogP contribution is 2.22. The number of anilines is 1. The molecule has 3 rings (SSSR count). The second-order valence-electron chi connectivity index (χ2n) is 4.82. The van der Waals surface area contributed by atoms with E-state index in [0.29, 0.717) is 10.4 Å². The minimum atomic E-state index is -0.441. The van der Waals surface area contributed by atoms with Crippen LogP contribution in [0.25, 0.3) is 11.0 Å². The van der Waals surface area contributed by atoms with Gasteiger partial charge in [-0.25, -0.2) is 10.4 Å². The van der Waals surface area contributed by atoms with Crippen LogP contribution in [0.2, 0.25) is 0 Å². The summed E-state index contributed by atoms with van der Waals surface area (Å²) in [6, 6.07) is 12.3. The summed E-state index contributed by atoms with van der Waals surface area (Å²) in [5.74, 6) is 0.612. The maximum Gasteiger partial charge on any atom is 0.270 e. The fraction of sp³-hybridized carbons (Fsp3) is 0.0667. The molecule has 0 amide bonds. The first kappa shape index (κ1) is 15.2. The number of fused-ring (bicyclic) bond motifs is 1. The minimum absolute atomic E-state index is 0.0253. The van der Waals surface area contributed by atoms with Crippen molar-refractivity contribution in [3.8, 4) is 0 Å². The van der Waals surface area contributed by atoms with Gasteiger partial charge >= 0.3 is 0 Å². The Morgan fingerprint density at radius 3 is 2.83 bits per heavy atom. The first-order chi connectivity index (χ1) is 11.1. The number of hydrazone groups is 1. The average molecular weight is 374 g/mol. The highest BCUT2D eigenvalue weighted by atomic mass is 79.9. The van der Waals surface area contributed by atoms with E-state index in [0.717, 1.165) is 16.6 Å². The molecule has 0 aliphatic carbocycles. The predicted molar refractivity (Wildman–Crippen MR) is 92.7 cm³/mol. The van der Waals surface area contributed by atoms with Crippen molar-refractivity contribution in [3.63, 3.8) is 0 Å². The molecule has 0 fully saturated rings. The zero-order valence-electron chi connectivity index (χ0n) is 12.1. The van der Waals surface area contributed by atoms with Crippen molar-refractivity contribution in [2.45, 2.75) is 0 Å². The Morgan fingerprint density at radius 1 is 1.35 bits per heavy atom. The van der Waals surface area contributed by atoms with Crippen molar-refractivity contribution < 1.29 is 4.92 Å². The topological polar surface area (TPSA) is 85.3 Å². The lowest BCUT2D eigenvalue weighted by Crippen LogP contribution is -1.99. The summed E-state index contributed by atoms with van der Waals surface area (Å²) in [4.78, 5) is 14.7. The number of nitrogens with one attached hydrogen (secondary N) is 1. The van der Waals surface area contributed by atoms with Crippen molar-refractivity contribution >= 4 is 44.8 Å². The first-order valence-electron chi connectivity index (χ1n) is 6.71. The molecule has 1 N–H and O–H groups in total. The molecule has 1 aromatic heterocycles. The molecule has 3 aromatic rings. The van der Waals surface area contributed by atoms with E-state index in [-0.39, 0.29) is 5.69 Å². The van der Waals surface area contributed by atoms with Crippen LogP contribution in [0.15, 0.2) is 52.0 Å². The van der Waals surface area contributed by atoms with Gasteiger partial charge in [-0.1, -0.05) is 12.1 Å². The summed E-state index contributed by atoms with van der Waals surface area (Å²) in [5.41, 5.74) is 5.51. The van der Waals surface area contributed by atoms with Gasteiger partial charge in [-0.2, -0.15) is 5.10 Å². The number of imidazole rings is 1. The van der Waals surface area contributed by atoms with E-state index < -0.39 is 4.92 Å². The van der Waals surface area contributed by atoms with E-state index in [1.807, 2.05) is 35.9 Å². The monoisotopic (exact) mass is 373 g/mol. The largest absolute Gasteiger partial charge is 0.312 e. The summed E-state index contributed by atoms with van der Waals surface area (Å²) in [5, 5.41) is 14.9. The molecule has 0 spiro atoms. The first-order valence-corrected chi connectivity index (χ1v) is 7.50. The van der Waals surface area contributed by atoms with Gasteiger partial charge in [0.15, 0.2) is 0 Å². The fourth-order valence-corrected chi connectivity index (χ4v) is 2.61. The molecule has 23 heavy (non-hydrogen) atoms. The van der Waals surface area contributed by atoms with Crippen LogP contribution >= 0.6 is 15.9 Å². The van der Waals surface area contributed by atoms with Gasteiger partial charge in [0.2, 0.25) is 5.95 Å².